The van der Waals surface area contributed by atoms with Gasteiger partial charge in [-0.05, 0) is 49.4 Å². The van der Waals surface area contributed by atoms with Crippen LogP contribution in [0.5, 0.6) is 5.75 Å². The van der Waals surface area contributed by atoms with E-state index < -0.39 is 38.1 Å². The quantitative estimate of drug-likeness (QED) is 0.506. The fourth-order valence-electron chi connectivity index (χ4n) is 3.86. The van der Waals surface area contributed by atoms with Crippen molar-refractivity contribution in [1.29, 1.82) is 0 Å². The molecule has 2 aromatic rings. The second-order valence-corrected chi connectivity index (χ2v) is 13.2. The number of likely N-dealkylation sites (N-methyl/N-ethyl adjacent to an activating group) is 1. The van der Waals surface area contributed by atoms with Crippen LogP contribution in [0.15, 0.2) is 47.4 Å². The van der Waals surface area contributed by atoms with Crippen LogP contribution in [0.3, 0.4) is 0 Å². The molecule has 0 spiro atoms. The fourth-order valence-corrected chi connectivity index (χ4v) is 5.72. The highest BCUT2D eigenvalue weighted by Crippen LogP contribution is 2.31. The molecule has 3 rings (SSSR count). The van der Waals surface area contributed by atoms with E-state index in [4.69, 9.17) is 16.3 Å². The minimum Gasteiger partial charge on any atom is -0.488 e. The highest BCUT2D eigenvalue weighted by molar-refractivity contribution is 7.92. The number of ether oxygens (including phenoxy) is 1. The molecule has 0 fully saturated rings. The van der Waals surface area contributed by atoms with E-state index in [2.05, 4.69) is 4.72 Å². The lowest BCUT2D eigenvalue weighted by molar-refractivity contribution is 0.0387. The third-order valence-corrected chi connectivity index (χ3v) is 8.62. The molecular weight excluding hydrogens is 530 g/mol. The molecule has 0 bridgehead atoms. The predicted octanol–water partition coefficient (Wildman–Crippen LogP) is 2.25. The first-order valence-electron chi connectivity index (χ1n) is 11.1. The van der Waals surface area contributed by atoms with Gasteiger partial charge in [0, 0.05) is 30.2 Å². The van der Waals surface area contributed by atoms with E-state index in [0.717, 1.165) is 6.26 Å². The first-order valence-corrected chi connectivity index (χ1v) is 14.9. The SMILES string of the molecule is C[C@H]1CN([C@@H](C)CO)C(=O)c2cc(NS(C)(=O)=O)ccc2O[C@H]1CN(C)S(=O)(=O)c1ccc(Cl)cc1. The number of hydrogen-bond donors (Lipinski definition) is 2. The topological polar surface area (TPSA) is 133 Å². The Morgan fingerprint density at radius 1 is 1.19 bits per heavy atom. The van der Waals surface area contributed by atoms with Crippen molar-refractivity contribution in [3.05, 3.63) is 53.1 Å². The second-order valence-electron chi connectivity index (χ2n) is 8.95. The van der Waals surface area contributed by atoms with Crippen molar-refractivity contribution < 1.29 is 31.5 Å². The number of rotatable bonds is 8. The molecule has 1 heterocycles. The maximum absolute atomic E-state index is 13.4. The van der Waals surface area contributed by atoms with Gasteiger partial charge in [0.05, 0.1) is 35.9 Å². The Morgan fingerprint density at radius 3 is 2.42 bits per heavy atom. The Balaban J connectivity index is 1.99. The number of amides is 1. The summed E-state index contributed by atoms with van der Waals surface area (Å²) < 4.78 is 59.4. The standard InChI is InChI=1S/C23H30ClN3O7S2/c1-15-12-27(16(2)14-28)23(29)20-11-18(25-35(4,30)31)7-10-21(20)34-22(15)13-26(3)36(32,33)19-8-5-17(24)6-9-19/h5-11,15-16,22,25,28H,12-14H2,1-4H3/t15-,16-,22-/m0/s1. The number of carbonyl (C=O) groups excluding carboxylic acids is 1. The molecule has 1 aliphatic heterocycles. The van der Waals surface area contributed by atoms with E-state index in [-0.39, 0.29) is 47.5 Å². The van der Waals surface area contributed by atoms with Gasteiger partial charge in [0.2, 0.25) is 20.0 Å². The zero-order chi connectivity index (χ0) is 26.8. The number of hydrogen-bond acceptors (Lipinski definition) is 7. The molecule has 198 valence electrons. The number of nitrogens with zero attached hydrogens (tertiary/aromatic N) is 2. The van der Waals surface area contributed by atoms with Crippen LogP contribution >= 0.6 is 11.6 Å². The van der Waals surface area contributed by atoms with E-state index in [1.807, 2.05) is 6.92 Å². The molecule has 0 aromatic heterocycles. The minimum absolute atomic E-state index is 0.0234. The maximum atomic E-state index is 13.4. The summed E-state index contributed by atoms with van der Waals surface area (Å²) in [5, 5.41) is 10.2. The van der Waals surface area contributed by atoms with Crippen molar-refractivity contribution in [2.45, 2.75) is 30.9 Å². The molecular formula is C23H30ClN3O7S2. The summed E-state index contributed by atoms with van der Waals surface area (Å²) in [6, 6.07) is 9.61. The number of anilines is 1. The lowest BCUT2D eigenvalue weighted by Gasteiger charge is -2.38. The number of halogens is 1. The Bertz CT molecular complexity index is 1320. The first kappa shape index (κ1) is 28.2. The normalized spacial score (nSPS) is 19.8. The van der Waals surface area contributed by atoms with Gasteiger partial charge in [-0.1, -0.05) is 18.5 Å². The van der Waals surface area contributed by atoms with Crippen LogP contribution in [0, 0.1) is 5.92 Å². The molecule has 0 unspecified atom stereocenters. The Labute approximate surface area is 216 Å². The largest absolute Gasteiger partial charge is 0.488 e. The van der Waals surface area contributed by atoms with Gasteiger partial charge in [0.25, 0.3) is 5.91 Å². The van der Waals surface area contributed by atoms with Gasteiger partial charge in [-0.2, -0.15) is 4.31 Å². The van der Waals surface area contributed by atoms with Crippen molar-refractivity contribution in [2.75, 3.05) is 37.7 Å². The van der Waals surface area contributed by atoms with Crippen molar-refractivity contribution in [3.8, 4) is 5.75 Å². The molecule has 13 heteroatoms. The van der Waals surface area contributed by atoms with Gasteiger partial charge in [-0.15, -0.1) is 0 Å². The van der Waals surface area contributed by atoms with Crippen LogP contribution in [0.1, 0.15) is 24.2 Å². The average molecular weight is 560 g/mol. The zero-order valence-electron chi connectivity index (χ0n) is 20.4. The summed E-state index contributed by atoms with van der Waals surface area (Å²) in [4.78, 5) is 15.0. The number of benzene rings is 2. The lowest BCUT2D eigenvalue weighted by atomic mass is 9.99. The number of fused-ring (bicyclic) bond motifs is 1. The molecule has 0 radical (unpaired) electrons. The van der Waals surface area contributed by atoms with Crippen molar-refractivity contribution in [2.24, 2.45) is 5.92 Å². The number of sulfonamides is 2. The van der Waals surface area contributed by atoms with E-state index in [9.17, 15) is 26.7 Å². The summed E-state index contributed by atoms with van der Waals surface area (Å²) in [6.07, 6.45) is 0.336. The number of carbonyl (C=O) groups is 1. The minimum atomic E-state index is -3.85. The molecule has 1 aliphatic rings. The first-order chi connectivity index (χ1) is 16.7. The maximum Gasteiger partial charge on any atom is 0.258 e. The van der Waals surface area contributed by atoms with Gasteiger partial charge in [-0.25, -0.2) is 16.8 Å². The van der Waals surface area contributed by atoms with Crippen LogP contribution in [0.2, 0.25) is 5.02 Å². The predicted molar refractivity (Wildman–Crippen MR) is 137 cm³/mol. The van der Waals surface area contributed by atoms with Gasteiger partial charge in [-0.3, -0.25) is 9.52 Å². The number of nitrogens with one attached hydrogen (secondary N) is 1. The highest BCUT2D eigenvalue weighted by atomic mass is 35.5. The number of aliphatic hydroxyl groups excluding tert-OH is 1. The van der Waals surface area contributed by atoms with Gasteiger partial charge in [0.1, 0.15) is 11.9 Å². The summed E-state index contributed by atoms with van der Waals surface area (Å²) in [5.41, 5.74) is 0.279. The lowest BCUT2D eigenvalue weighted by Crippen LogP contribution is -2.50. The summed E-state index contributed by atoms with van der Waals surface area (Å²) >= 11 is 5.89. The molecule has 1 amide bonds. The highest BCUT2D eigenvalue weighted by Gasteiger charge is 2.35. The van der Waals surface area contributed by atoms with Crippen LogP contribution in [0.25, 0.3) is 0 Å². The molecule has 0 saturated carbocycles. The van der Waals surface area contributed by atoms with E-state index in [0.29, 0.717) is 5.02 Å². The Hall–Kier alpha value is -2.38. The monoisotopic (exact) mass is 559 g/mol. The Morgan fingerprint density at radius 2 is 1.83 bits per heavy atom. The van der Waals surface area contributed by atoms with Crippen LogP contribution in [-0.2, 0) is 20.0 Å². The summed E-state index contributed by atoms with van der Waals surface area (Å²) in [6.45, 7) is 3.40. The molecule has 2 N–H and O–H groups in total. The molecule has 0 saturated heterocycles. The van der Waals surface area contributed by atoms with Crippen LogP contribution in [0.4, 0.5) is 5.69 Å². The molecule has 0 aliphatic carbocycles. The molecule has 36 heavy (non-hydrogen) atoms. The second kappa shape index (κ2) is 10.9. The smallest absolute Gasteiger partial charge is 0.258 e. The zero-order valence-corrected chi connectivity index (χ0v) is 22.8. The van der Waals surface area contributed by atoms with E-state index in [1.165, 1.54) is 58.7 Å². The van der Waals surface area contributed by atoms with Crippen molar-refractivity contribution in [1.82, 2.24) is 9.21 Å². The van der Waals surface area contributed by atoms with Gasteiger partial charge >= 0.3 is 0 Å². The average Bonchev–Trinajstić information content (AvgIpc) is 2.80. The molecule has 2 aromatic carbocycles. The van der Waals surface area contributed by atoms with Crippen LogP contribution < -0.4 is 9.46 Å². The third kappa shape index (κ3) is 6.48. The fraction of sp³-hybridized carbons (Fsp3) is 0.435. The van der Waals surface area contributed by atoms with Gasteiger partial charge in [0.15, 0.2) is 0 Å². The number of aliphatic hydroxyl groups is 1. The third-order valence-electron chi connectivity index (χ3n) is 5.93. The van der Waals surface area contributed by atoms with Crippen molar-refractivity contribution >= 4 is 43.2 Å². The Kier molecular flexibility index (Phi) is 8.56. The van der Waals surface area contributed by atoms with E-state index in [1.54, 1.807) is 6.92 Å². The molecule has 10 nitrogen and oxygen atoms in total. The summed E-state index contributed by atoms with van der Waals surface area (Å²) in [5.74, 6) is -0.563. The molecule has 3 atom stereocenters. The van der Waals surface area contributed by atoms with Crippen molar-refractivity contribution in [3.63, 3.8) is 0 Å². The van der Waals surface area contributed by atoms with Crippen LogP contribution in [-0.4, -0.2) is 82.2 Å². The van der Waals surface area contributed by atoms with Gasteiger partial charge < -0.3 is 14.7 Å². The van der Waals surface area contributed by atoms with E-state index >= 15 is 0 Å². The summed E-state index contributed by atoms with van der Waals surface area (Å²) in [7, 11) is -6.00.